The largest absolute Gasteiger partial charge is 0.445 e. The number of carbonyl (C=O) groups excluding carboxylic acids is 11. The molecule has 1 aromatic heterocycles. The van der Waals surface area contributed by atoms with Crippen molar-refractivity contribution in [1.82, 2.24) is 51.2 Å². The fourth-order valence-corrected chi connectivity index (χ4v) is 13.6. The highest BCUT2D eigenvalue weighted by Crippen LogP contribution is 2.33. The van der Waals surface area contributed by atoms with Gasteiger partial charge in [0.25, 0.3) is 11.8 Å². The number of thiazole rings is 1. The zero-order valence-corrected chi connectivity index (χ0v) is 58.9. The molecule has 3 aliphatic heterocycles. The Balaban J connectivity index is 1.03. The van der Waals surface area contributed by atoms with Crippen LogP contribution in [-0.4, -0.2) is 185 Å². The summed E-state index contributed by atoms with van der Waals surface area (Å²) in [5.41, 5.74) is 5.81. The van der Waals surface area contributed by atoms with Crippen molar-refractivity contribution in [2.45, 2.75) is 199 Å². The van der Waals surface area contributed by atoms with Gasteiger partial charge in [0.15, 0.2) is 0 Å². The van der Waals surface area contributed by atoms with Crippen LogP contribution in [0.2, 0.25) is 0 Å². The van der Waals surface area contributed by atoms with Gasteiger partial charge in [0, 0.05) is 83.3 Å². The number of hydrogen-bond donors (Lipinski definition) is 7. The van der Waals surface area contributed by atoms with Crippen molar-refractivity contribution in [2.24, 2.45) is 29.4 Å². The molecule has 2 fully saturated rings. The Hall–Kier alpha value is -8.30. The molecule has 11 atom stereocenters. The molecule has 27 heteroatoms. The monoisotopic (exact) mass is 1370 g/mol. The average molecular weight is 1370 g/mol. The third-order valence-electron chi connectivity index (χ3n) is 18.8. The molecular weight excluding hydrogens is 1260 g/mol. The molecule has 0 bridgehead atoms. The molecule has 8 N–H and O–H groups in total. The number of carbonyl (C=O) groups is 11. The summed E-state index contributed by atoms with van der Waals surface area (Å²) < 4.78 is 18.0. The fraction of sp³-hybridized carbons (Fsp3) is 0.600. The lowest BCUT2D eigenvalue weighted by Crippen LogP contribution is -2.62. The molecule has 0 spiro atoms. The minimum absolute atomic E-state index is 0.0689. The lowest BCUT2D eigenvalue weighted by Gasteiger charge is -2.41. The molecule has 3 aliphatic rings. The standard InChI is InChI=1S/C70H102N12O14S/c1-12-45(6)60(53(94-10)41-57(86)80-37-20-25-52(80)61(95-11)46(7)62(87)76-51(65-72-35-39-97-65)40-47-22-15-13-16-23-47)79(9)66(90)59(44(4)5)78-67(91)70(8)33-21-38-82(70)69(93)96-42-48-27-29-49(30-28-48)74-63(88)50(24-19-34-73-68(71)92)75-64(89)58(43(2)3)77-54(83)26-17-14-18-36-81-55(84)31-32-56(81)85/h13,15-16,22-23,27-32,35,39,43-46,50-53,58-61H,12,14,17-21,24-26,33-34,36-38,40-42H2,1-11H3,(H,74,88)(H,75,89)(H,76,87)(H,77,83)(H,78,91)(H3,71,73,92)/t45-,46+,50-,51-,52-,53+,58-,59-,60-,61+,70-/m0/s1. The van der Waals surface area contributed by atoms with Gasteiger partial charge in [-0.15, -0.1) is 11.3 Å². The van der Waals surface area contributed by atoms with Gasteiger partial charge in [-0.05, 0) is 106 Å². The number of rotatable bonds is 37. The van der Waals surface area contributed by atoms with E-state index >= 15 is 0 Å². The Bertz CT molecular complexity index is 3170. The van der Waals surface area contributed by atoms with Gasteiger partial charge >= 0.3 is 12.1 Å². The van der Waals surface area contributed by atoms with Crippen LogP contribution in [0, 0.1) is 23.7 Å². The number of likely N-dealkylation sites (tertiary alicyclic amines) is 2. The van der Waals surface area contributed by atoms with Crippen molar-refractivity contribution in [2.75, 3.05) is 52.8 Å². The molecule has 6 rings (SSSR count). The Morgan fingerprint density at radius 2 is 1.47 bits per heavy atom. The number of urea groups is 1. The maximum Gasteiger partial charge on any atom is 0.410 e. The summed E-state index contributed by atoms with van der Waals surface area (Å²) in [4.78, 5) is 158. The predicted octanol–water partition coefficient (Wildman–Crippen LogP) is 6.29. The third kappa shape index (κ3) is 21.6. The van der Waals surface area contributed by atoms with Crippen LogP contribution in [0.3, 0.4) is 0 Å². The number of primary amides is 1. The lowest BCUT2D eigenvalue weighted by atomic mass is 9.89. The molecule has 0 unspecified atom stereocenters. The quantitative estimate of drug-likeness (QED) is 0.0246. The number of hydrogen-bond acceptors (Lipinski definition) is 16. The van der Waals surface area contributed by atoms with Gasteiger partial charge in [-0.3, -0.25) is 53.0 Å². The van der Waals surface area contributed by atoms with Gasteiger partial charge < -0.3 is 61.6 Å². The van der Waals surface area contributed by atoms with Crippen molar-refractivity contribution < 1.29 is 67.0 Å². The van der Waals surface area contributed by atoms with E-state index < -0.39 is 95.5 Å². The SMILES string of the molecule is CC[C@H](C)[C@@H]([C@@H](CC(=O)N1CCC[C@H]1[C@H](OC)[C@@H](C)C(=O)N[C@@H](Cc1ccccc1)c1nccs1)OC)N(C)C(=O)[C@@H](NC(=O)[C@]1(C)CCCN1C(=O)OCc1ccc(NC(=O)[C@H](CCCNC(N)=O)NC(=O)[C@@H](NC(=O)CCCCCN2C(=O)C=CC2=O)C(C)C)cc1)C(C)C. The normalized spacial score (nSPS) is 18.9. The minimum Gasteiger partial charge on any atom is -0.445 e. The molecule has 0 aliphatic carbocycles. The van der Waals surface area contributed by atoms with Crippen LogP contribution < -0.4 is 37.6 Å². The van der Waals surface area contributed by atoms with Gasteiger partial charge in [-0.2, -0.15) is 0 Å². The second-order valence-electron chi connectivity index (χ2n) is 26.4. The molecule has 4 heterocycles. The van der Waals surface area contributed by atoms with Gasteiger partial charge in [0.1, 0.15) is 35.3 Å². The smallest absolute Gasteiger partial charge is 0.410 e. The first-order valence-electron chi connectivity index (χ1n) is 33.9. The lowest BCUT2D eigenvalue weighted by molar-refractivity contribution is -0.148. The van der Waals surface area contributed by atoms with Gasteiger partial charge in [0.2, 0.25) is 41.4 Å². The number of benzene rings is 2. The number of nitrogens with zero attached hydrogens (tertiary/aromatic N) is 5. The molecule has 26 nitrogen and oxygen atoms in total. The van der Waals surface area contributed by atoms with E-state index in [4.69, 9.17) is 19.9 Å². The second kappa shape index (κ2) is 37.4. The van der Waals surface area contributed by atoms with E-state index in [-0.39, 0.29) is 106 Å². The molecule has 0 radical (unpaired) electrons. The molecule has 97 heavy (non-hydrogen) atoms. The van der Waals surface area contributed by atoms with E-state index in [2.05, 4.69) is 36.9 Å². The van der Waals surface area contributed by atoms with Gasteiger partial charge in [-0.1, -0.05) is 104 Å². The van der Waals surface area contributed by atoms with Crippen LogP contribution in [0.1, 0.15) is 155 Å². The number of nitrogens with two attached hydrogens (primary N) is 1. The number of nitrogens with one attached hydrogen (secondary N) is 6. The highest BCUT2D eigenvalue weighted by atomic mass is 32.1. The minimum atomic E-state index is -1.40. The average Bonchev–Trinajstić information content (AvgIpc) is 1.09. The molecular formula is C70H102N12O14S. The third-order valence-corrected chi connectivity index (χ3v) is 19.7. The van der Waals surface area contributed by atoms with Crippen LogP contribution >= 0.6 is 11.3 Å². The molecule has 3 aromatic rings. The Kier molecular flexibility index (Phi) is 30.0. The number of anilines is 1. The van der Waals surface area contributed by atoms with Gasteiger partial charge in [0.05, 0.1) is 42.7 Å². The van der Waals surface area contributed by atoms with E-state index in [1.165, 1.54) is 35.5 Å². The van der Waals surface area contributed by atoms with Crippen LogP contribution in [0.15, 0.2) is 78.3 Å². The van der Waals surface area contributed by atoms with E-state index in [0.717, 1.165) is 15.5 Å². The van der Waals surface area contributed by atoms with Crippen molar-refractivity contribution in [1.29, 1.82) is 0 Å². The van der Waals surface area contributed by atoms with Gasteiger partial charge in [-0.25, -0.2) is 14.6 Å². The first-order valence-corrected chi connectivity index (χ1v) is 34.8. The number of likely N-dealkylation sites (N-methyl/N-ethyl adjacent to an activating group) is 1. The summed E-state index contributed by atoms with van der Waals surface area (Å²) in [5, 5.41) is 19.7. The zero-order valence-electron chi connectivity index (χ0n) is 58.1. The van der Waals surface area contributed by atoms with Crippen molar-refractivity contribution in [3.63, 3.8) is 0 Å². The number of aromatic nitrogens is 1. The Morgan fingerprint density at radius 1 is 0.784 bits per heavy atom. The highest BCUT2D eigenvalue weighted by Gasteiger charge is 2.49. The summed E-state index contributed by atoms with van der Waals surface area (Å²) in [6.07, 6.45) is 7.17. The summed E-state index contributed by atoms with van der Waals surface area (Å²) in [5.74, 6) is -5.23. The molecule has 0 saturated carbocycles. The van der Waals surface area contributed by atoms with E-state index in [1.54, 1.807) is 75.2 Å². The predicted molar refractivity (Wildman–Crippen MR) is 365 cm³/mol. The molecule has 532 valence electrons. The summed E-state index contributed by atoms with van der Waals surface area (Å²) >= 11 is 1.47. The van der Waals surface area contributed by atoms with Crippen LogP contribution in [0.25, 0.3) is 0 Å². The van der Waals surface area contributed by atoms with Crippen molar-refractivity contribution >= 4 is 82.3 Å². The summed E-state index contributed by atoms with van der Waals surface area (Å²) in [6, 6.07) is 11.1. The highest BCUT2D eigenvalue weighted by molar-refractivity contribution is 7.09. The van der Waals surface area contributed by atoms with Crippen LogP contribution in [-0.2, 0) is 70.4 Å². The fourth-order valence-electron chi connectivity index (χ4n) is 12.9. The first-order chi connectivity index (χ1) is 46.2. The number of imide groups is 1. The summed E-state index contributed by atoms with van der Waals surface area (Å²) in [6.45, 7) is 15.4. The maximum atomic E-state index is 14.9. The maximum absolute atomic E-state index is 14.9. The molecule has 12 amide bonds. The van der Waals surface area contributed by atoms with Crippen molar-refractivity contribution in [3.8, 4) is 0 Å². The van der Waals surface area contributed by atoms with E-state index in [1.807, 2.05) is 70.3 Å². The second-order valence-corrected chi connectivity index (χ2v) is 27.4. The summed E-state index contributed by atoms with van der Waals surface area (Å²) in [7, 11) is 4.74. The van der Waals surface area contributed by atoms with Crippen molar-refractivity contribution in [3.05, 3.63) is 94.5 Å². The number of methoxy groups -OCH3 is 2. The number of amides is 12. The van der Waals surface area contributed by atoms with Crippen LogP contribution in [0.5, 0.6) is 0 Å². The zero-order chi connectivity index (χ0) is 71.1. The van der Waals surface area contributed by atoms with E-state index in [9.17, 15) is 52.7 Å². The van der Waals surface area contributed by atoms with E-state index in [0.29, 0.717) is 69.2 Å². The number of ether oxygens (including phenoxy) is 3. The Labute approximate surface area is 574 Å². The molecule has 2 saturated heterocycles. The number of unbranched alkanes of at least 4 members (excludes halogenated alkanes) is 2. The molecule has 2 aromatic carbocycles. The first kappa shape index (κ1) is 77.7. The topological polar surface area (TPSA) is 340 Å². The Morgan fingerprint density at radius 3 is 2.09 bits per heavy atom. The van der Waals surface area contributed by atoms with Crippen LogP contribution in [0.4, 0.5) is 15.3 Å².